The van der Waals surface area contributed by atoms with Gasteiger partial charge in [-0.05, 0) is 62.1 Å². The normalized spacial score (nSPS) is 10.4. The quantitative estimate of drug-likeness (QED) is 0.334. The van der Waals surface area contributed by atoms with Crippen molar-refractivity contribution in [1.82, 2.24) is 0 Å². The van der Waals surface area contributed by atoms with Gasteiger partial charge in [-0.25, -0.2) is 19.2 Å². The van der Waals surface area contributed by atoms with E-state index in [4.69, 9.17) is 29.9 Å². The molecule has 0 saturated carbocycles. The molecule has 0 spiro atoms. The second-order valence-electron chi connectivity index (χ2n) is 6.82. The molecule has 2 aromatic carbocycles. The Morgan fingerprint density at radius 2 is 0.781 bits per heavy atom. The fourth-order valence-corrected chi connectivity index (χ4v) is 2.80. The molecule has 32 heavy (non-hydrogen) atoms. The molecule has 4 N–H and O–H groups in total. The van der Waals surface area contributed by atoms with Gasteiger partial charge >= 0.3 is 23.9 Å². The van der Waals surface area contributed by atoms with Crippen LogP contribution in [-0.2, 0) is 0 Å². The van der Waals surface area contributed by atoms with Crippen LogP contribution in [-0.4, -0.2) is 57.5 Å². The van der Waals surface area contributed by atoms with E-state index in [1.165, 1.54) is 24.3 Å². The Morgan fingerprint density at radius 1 is 0.500 bits per heavy atom. The Hall–Kier alpha value is -4.08. The summed E-state index contributed by atoms with van der Waals surface area (Å²) in [6, 6.07) is 7.17. The van der Waals surface area contributed by atoms with Gasteiger partial charge in [-0.15, -0.1) is 0 Å². The Bertz CT molecular complexity index is 866. The number of carbonyl (C=O) groups is 4. The lowest BCUT2D eigenvalue weighted by Crippen LogP contribution is -2.06. The van der Waals surface area contributed by atoms with Crippen molar-refractivity contribution in [2.45, 2.75) is 25.7 Å². The molecule has 0 aliphatic heterocycles. The molecular formula is C22H22O10. The number of hydrogen-bond acceptors (Lipinski definition) is 6. The molecule has 2 aromatic rings. The highest BCUT2D eigenvalue weighted by Gasteiger charge is 2.13. The standard InChI is InChI=1S/C22H22O10/c23-19(24)13-7-14(20(25)26)10-17(9-13)31-5-3-1-2-4-6-32-18-11-15(21(27)28)8-16(12-18)22(29)30/h7-12H,1-6H2,(H,23,24)(H,25,26)(H,27,28)(H,29,30). The number of rotatable bonds is 13. The maximum atomic E-state index is 11.1. The third-order valence-corrected chi connectivity index (χ3v) is 4.38. The van der Waals surface area contributed by atoms with Crippen molar-refractivity contribution >= 4 is 23.9 Å². The second kappa shape index (κ2) is 11.3. The highest BCUT2D eigenvalue weighted by molar-refractivity contribution is 5.95. The van der Waals surface area contributed by atoms with Gasteiger partial charge in [0.05, 0.1) is 35.5 Å². The molecule has 0 atom stereocenters. The summed E-state index contributed by atoms with van der Waals surface area (Å²) in [5.41, 5.74) is -0.685. The van der Waals surface area contributed by atoms with Crippen molar-refractivity contribution in [3.8, 4) is 11.5 Å². The Labute approximate surface area is 182 Å². The molecule has 0 saturated heterocycles. The monoisotopic (exact) mass is 446 g/mol. The van der Waals surface area contributed by atoms with Crippen LogP contribution in [0.1, 0.15) is 67.1 Å². The van der Waals surface area contributed by atoms with E-state index >= 15 is 0 Å². The van der Waals surface area contributed by atoms with Crippen molar-refractivity contribution < 1.29 is 49.1 Å². The number of carboxylic acids is 4. The SMILES string of the molecule is O=C(O)c1cc(OCCCCCCOc2cc(C(=O)O)cc(C(=O)O)c2)cc(C(=O)O)c1. The third kappa shape index (κ3) is 7.31. The number of benzene rings is 2. The molecule has 0 fully saturated rings. The first-order chi connectivity index (χ1) is 15.2. The zero-order chi connectivity index (χ0) is 23.7. The van der Waals surface area contributed by atoms with Gasteiger partial charge in [0.25, 0.3) is 0 Å². The van der Waals surface area contributed by atoms with Gasteiger partial charge < -0.3 is 29.9 Å². The smallest absolute Gasteiger partial charge is 0.335 e. The lowest BCUT2D eigenvalue weighted by atomic mass is 10.1. The average molecular weight is 446 g/mol. The summed E-state index contributed by atoms with van der Waals surface area (Å²) < 4.78 is 10.9. The van der Waals surface area contributed by atoms with E-state index in [1.54, 1.807) is 0 Å². The molecule has 10 nitrogen and oxygen atoms in total. The average Bonchev–Trinajstić information content (AvgIpc) is 2.74. The van der Waals surface area contributed by atoms with Crippen molar-refractivity contribution in [1.29, 1.82) is 0 Å². The fraction of sp³-hybridized carbons (Fsp3) is 0.273. The van der Waals surface area contributed by atoms with Crippen LogP contribution in [0.3, 0.4) is 0 Å². The van der Waals surface area contributed by atoms with Crippen LogP contribution in [0.15, 0.2) is 36.4 Å². The highest BCUT2D eigenvalue weighted by Crippen LogP contribution is 2.20. The van der Waals surface area contributed by atoms with Crippen LogP contribution in [0, 0.1) is 0 Å². The van der Waals surface area contributed by atoms with Gasteiger partial charge in [0.1, 0.15) is 11.5 Å². The minimum absolute atomic E-state index is 0.165. The van der Waals surface area contributed by atoms with E-state index in [0.29, 0.717) is 12.8 Å². The summed E-state index contributed by atoms with van der Waals surface area (Å²) >= 11 is 0. The first kappa shape index (κ1) is 24.2. The van der Waals surface area contributed by atoms with Crippen molar-refractivity contribution in [2.24, 2.45) is 0 Å². The molecule has 0 aliphatic carbocycles. The first-order valence-electron chi connectivity index (χ1n) is 9.66. The van der Waals surface area contributed by atoms with Crippen molar-refractivity contribution in [3.63, 3.8) is 0 Å². The van der Waals surface area contributed by atoms with Gasteiger partial charge in [0.15, 0.2) is 0 Å². The summed E-state index contributed by atoms with van der Waals surface area (Å²) in [4.78, 5) is 44.4. The van der Waals surface area contributed by atoms with E-state index in [1.807, 2.05) is 0 Å². The van der Waals surface area contributed by atoms with Crippen LogP contribution in [0.5, 0.6) is 11.5 Å². The second-order valence-corrected chi connectivity index (χ2v) is 6.82. The predicted octanol–water partition coefficient (Wildman–Crippen LogP) is 3.50. The lowest BCUT2D eigenvalue weighted by Gasteiger charge is -2.09. The Kier molecular flexibility index (Phi) is 8.58. The minimum Gasteiger partial charge on any atom is -0.494 e. The molecular weight excluding hydrogens is 424 g/mol. The predicted molar refractivity (Wildman–Crippen MR) is 110 cm³/mol. The molecule has 0 heterocycles. The van der Waals surface area contributed by atoms with Crippen molar-refractivity contribution in [2.75, 3.05) is 13.2 Å². The van der Waals surface area contributed by atoms with E-state index in [0.717, 1.165) is 25.0 Å². The highest BCUT2D eigenvalue weighted by atomic mass is 16.5. The summed E-state index contributed by atoms with van der Waals surface area (Å²) in [7, 11) is 0. The van der Waals surface area contributed by atoms with Crippen LogP contribution in [0.25, 0.3) is 0 Å². The summed E-state index contributed by atoms with van der Waals surface area (Å²) in [5, 5.41) is 36.2. The largest absolute Gasteiger partial charge is 0.494 e. The van der Waals surface area contributed by atoms with Crippen LogP contribution in [0.4, 0.5) is 0 Å². The van der Waals surface area contributed by atoms with E-state index in [-0.39, 0.29) is 47.0 Å². The number of hydrogen-bond donors (Lipinski definition) is 4. The van der Waals surface area contributed by atoms with Crippen molar-refractivity contribution in [3.05, 3.63) is 58.7 Å². The topological polar surface area (TPSA) is 168 Å². The van der Waals surface area contributed by atoms with Crippen LogP contribution >= 0.6 is 0 Å². The number of aromatic carboxylic acids is 4. The fourth-order valence-electron chi connectivity index (χ4n) is 2.80. The lowest BCUT2D eigenvalue weighted by molar-refractivity contribution is 0.0675. The molecule has 0 unspecified atom stereocenters. The molecule has 2 rings (SSSR count). The van der Waals surface area contributed by atoms with Crippen LogP contribution in [0.2, 0.25) is 0 Å². The third-order valence-electron chi connectivity index (χ3n) is 4.38. The van der Waals surface area contributed by atoms with Gasteiger partial charge in [0, 0.05) is 0 Å². The zero-order valence-electron chi connectivity index (χ0n) is 16.9. The molecule has 0 amide bonds. The molecule has 0 bridgehead atoms. The van der Waals surface area contributed by atoms with Gasteiger partial charge in [0.2, 0.25) is 0 Å². The number of unbranched alkanes of at least 4 members (excludes halogenated alkanes) is 3. The Morgan fingerprint density at radius 3 is 1.03 bits per heavy atom. The first-order valence-corrected chi connectivity index (χ1v) is 9.66. The summed E-state index contributed by atoms with van der Waals surface area (Å²) in [5.74, 6) is -4.66. The van der Waals surface area contributed by atoms with Gasteiger partial charge in [-0.2, -0.15) is 0 Å². The molecule has 10 heteroatoms. The van der Waals surface area contributed by atoms with Crippen LogP contribution < -0.4 is 9.47 Å². The summed E-state index contributed by atoms with van der Waals surface area (Å²) in [6.45, 7) is 0.539. The maximum absolute atomic E-state index is 11.1. The van der Waals surface area contributed by atoms with Gasteiger partial charge in [-0.3, -0.25) is 0 Å². The number of ether oxygens (including phenoxy) is 2. The van der Waals surface area contributed by atoms with E-state index in [2.05, 4.69) is 0 Å². The molecule has 0 aliphatic rings. The summed E-state index contributed by atoms with van der Waals surface area (Å²) in [6.07, 6.45) is 2.78. The maximum Gasteiger partial charge on any atom is 0.335 e. The minimum atomic E-state index is -1.25. The molecule has 170 valence electrons. The zero-order valence-corrected chi connectivity index (χ0v) is 16.9. The van der Waals surface area contributed by atoms with E-state index in [9.17, 15) is 19.2 Å². The van der Waals surface area contributed by atoms with E-state index < -0.39 is 23.9 Å². The molecule has 0 radical (unpaired) electrons. The molecule has 0 aromatic heterocycles. The Balaban J connectivity index is 1.75. The number of carboxylic acid groups (broad SMARTS) is 4. The van der Waals surface area contributed by atoms with Gasteiger partial charge in [-0.1, -0.05) is 0 Å².